The number of nitrogens with two attached hydrogens (primary N) is 1. The van der Waals surface area contributed by atoms with Gasteiger partial charge >= 0.3 is 0 Å². The summed E-state index contributed by atoms with van der Waals surface area (Å²) in [6.45, 7) is 3.51. The number of nitrogens with zero attached hydrogens (tertiary/aromatic N) is 1. The predicted molar refractivity (Wildman–Crippen MR) is 59.0 cm³/mol. The van der Waals surface area contributed by atoms with Crippen molar-refractivity contribution in [3.05, 3.63) is 30.1 Å². The predicted octanol–water partition coefficient (Wildman–Crippen LogP) is 0.325. The molecule has 0 atom stereocenters. The number of aromatic nitrogens is 1. The van der Waals surface area contributed by atoms with Crippen LogP contribution in [0.2, 0.25) is 0 Å². The van der Waals surface area contributed by atoms with E-state index >= 15 is 0 Å². The van der Waals surface area contributed by atoms with Crippen LogP contribution in [0, 0.1) is 5.41 Å². The van der Waals surface area contributed by atoms with Crippen LogP contribution >= 0.6 is 0 Å². The highest BCUT2D eigenvalue weighted by molar-refractivity contribution is 5.27. The number of pyridine rings is 1. The molecule has 4 heteroatoms. The number of hydrogen-bond acceptors (Lipinski definition) is 4. The first kappa shape index (κ1) is 10.2. The maximum absolute atomic E-state index is 5.94. The Kier molecular flexibility index (Phi) is 2.24. The van der Waals surface area contributed by atoms with Crippen LogP contribution in [0.15, 0.2) is 24.4 Å². The Labute approximate surface area is 94.8 Å². The lowest BCUT2D eigenvalue weighted by Gasteiger charge is -2.58. The minimum Gasteiger partial charge on any atom is -0.380 e. The third kappa shape index (κ3) is 1.12. The molecule has 4 nitrogen and oxygen atoms in total. The van der Waals surface area contributed by atoms with Crippen molar-refractivity contribution in [3.8, 4) is 0 Å². The molecule has 0 radical (unpaired) electrons. The van der Waals surface area contributed by atoms with Crippen LogP contribution in [-0.2, 0) is 14.9 Å². The molecule has 0 amide bonds. The quantitative estimate of drug-likeness (QED) is 0.797. The zero-order valence-electron chi connectivity index (χ0n) is 9.19. The summed E-state index contributed by atoms with van der Waals surface area (Å²) >= 11 is 0. The molecule has 0 saturated carbocycles. The van der Waals surface area contributed by atoms with Crippen LogP contribution in [0.1, 0.15) is 5.69 Å². The van der Waals surface area contributed by atoms with Crippen molar-refractivity contribution < 1.29 is 9.47 Å². The molecule has 0 aliphatic carbocycles. The lowest BCUT2D eigenvalue weighted by Crippen LogP contribution is -2.69. The molecular weight excluding hydrogens is 204 g/mol. The summed E-state index contributed by atoms with van der Waals surface area (Å²) in [5.41, 5.74) is 7.03. The van der Waals surface area contributed by atoms with Crippen LogP contribution in [0.25, 0.3) is 0 Å². The van der Waals surface area contributed by atoms with Gasteiger partial charge < -0.3 is 15.2 Å². The van der Waals surface area contributed by atoms with E-state index in [2.05, 4.69) is 11.1 Å². The van der Waals surface area contributed by atoms with Gasteiger partial charge in [0.2, 0.25) is 0 Å². The highest BCUT2D eigenvalue weighted by Crippen LogP contribution is 2.50. The van der Waals surface area contributed by atoms with Gasteiger partial charge in [-0.15, -0.1) is 0 Å². The molecule has 2 N–H and O–H groups in total. The molecular formula is C12H16N2O2. The van der Waals surface area contributed by atoms with Crippen molar-refractivity contribution in [1.29, 1.82) is 0 Å². The van der Waals surface area contributed by atoms with E-state index < -0.39 is 0 Å². The molecule has 16 heavy (non-hydrogen) atoms. The minimum atomic E-state index is -0.0265. The van der Waals surface area contributed by atoms with Gasteiger partial charge in [-0.25, -0.2) is 0 Å². The minimum absolute atomic E-state index is 0.0265. The van der Waals surface area contributed by atoms with E-state index in [-0.39, 0.29) is 10.8 Å². The number of hydrogen-bond donors (Lipinski definition) is 1. The fourth-order valence-electron chi connectivity index (χ4n) is 2.62. The molecule has 0 bridgehead atoms. The third-order valence-electron chi connectivity index (χ3n) is 4.01. The van der Waals surface area contributed by atoms with Crippen LogP contribution in [-0.4, -0.2) is 38.0 Å². The normalized spacial score (nSPS) is 25.6. The van der Waals surface area contributed by atoms with Crippen LogP contribution in [0.3, 0.4) is 0 Å². The zero-order valence-corrected chi connectivity index (χ0v) is 9.19. The Balaban J connectivity index is 2.00. The van der Waals surface area contributed by atoms with Gasteiger partial charge in [0.25, 0.3) is 0 Å². The van der Waals surface area contributed by atoms with Crippen molar-refractivity contribution in [1.82, 2.24) is 4.98 Å². The molecule has 2 aliphatic rings. The van der Waals surface area contributed by atoms with E-state index in [1.54, 1.807) is 0 Å². The summed E-state index contributed by atoms with van der Waals surface area (Å²) in [6, 6.07) is 6.02. The Morgan fingerprint density at radius 3 is 2.31 bits per heavy atom. The highest BCUT2D eigenvalue weighted by Gasteiger charge is 2.61. The fourth-order valence-corrected chi connectivity index (χ4v) is 2.62. The van der Waals surface area contributed by atoms with Crippen molar-refractivity contribution in [2.24, 2.45) is 11.1 Å². The second-order valence-electron chi connectivity index (χ2n) is 4.77. The highest BCUT2D eigenvalue weighted by atomic mass is 16.5. The number of ether oxygens (including phenoxy) is 2. The maximum atomic E-state index is 5.94. The SMILES string of the molecule is NCC1(C2(c3ccccn3)COC2)COC1. The monoisotopic (exact) mass is 220 g/mol. The van der Waals surface area contributed by atoms with Gasteiger partial charge in [0, 0.05) is 18.2 Å². The first-order valence-electron chi connectivity index (χ1n) is 5.60. The average molecular weight is 220 g/mol. The standard InChI is InChI=1S/C12H16N2O2/c13-5-11(6-15-7-11)12(8-16-9-12)10-3-1-2-4-14-10/h1-4H,5-9,13H2. The molecule has 2 aliphatic heterocycles. The molecule has 3 rings (SSSR count). The van der Waals surface area contributed by atoms with Gasteiger partial charge in [-0.1, -0.05) is 6.07 Å². The van der Waals surface area contributed by atoms with Crippen LogP contribution < -0.4 is 5.73 Å². The maximum Gasteiger partial charge on any atom is 0.0705 e. The Morgan fingerprint density at radius 1 is 1.19 bits per heavy atom. The molecule has 86 valence electrons. The van der Waals surface area contributed by atoms with Crippen molar-refractivity contribution in [2.45, 2.75) is 5.41 Å². The van der Waals surface area contributed by atoms with Gasteiger partial charge in [-0.3, -0.25) is 4.98 Å². The van der Waals surface area contributed by atoms with Gasteiger partial charge in [-0.05, 0) is 12.1 Å². The third-order valence-corrected chi connectivity index (χ3v) is 4.01. The van der Waals surface area contributed by atoms with E-state index in [0.29, 0.717) is 19.8 Å². The molecule has 0 unspecified atom stereocenters. The summed E-state index contributed by atoms with van der Waals surface area (Å²) in [4.78, 5) is 4.48. The lowest BCUT2D eigenvalue weighted by atomic mass is 9.58. The van der Waals surface area contributed by atoms with Crippen LogP contribution in [0.4, 0.5) is 0 Å². The molecule has 3 heterocycles. The first-order chi connectivity index (χ1) is 7.83. The van der Waals surface area contributed by atoms with E-state index in [9.17, 15) is 0 Å². The first-order valence-corrected chi connectivity index (χ1v) is 5.60. The van der Waals surface area contributed by atoms with Crippen LogP contribution in [0.5, 0.6) is 0 Å². The van der Waals surface area contributed by atoms with E-state index in [0.717, 1.165) is 18.9 Å². The van der Waals surface area contributed by atoms with Gasteiger partial charge in [-0.2, -0.15) is 0 Å². The Bertz CT molecular complexity index is 366. The molecule has 0 aromatic carbocycles. The second-order valence-corrected chi connectivity index (χ2v) is 4.77. The van der Waals surface area contributed by atoms with E-state index in [1.165, 1.54) is 0 Å². The Morgan fingerprint density at radius 2 is 1.94 bits per heavy atom. The summed E-state index contributed by atoms with van der Waals surface area (Å²) in [5, 5.41) is 0. The average Bonchev–Trinajstić information content (AvgIpc) is 2.22. The molecule has 0 spiro atoms. The van der Waals surface area contributed by atoms with Crippen molar-refractivity contribution in [2.75, 3.05) is 33.0 Å². The largest absolute Gasteiger partial charge is 0.380 e. The van der Waals surface area contributed by atoms with Gasteiger partial charge in [0.15, 0.2) is 0 Å². The Hall–Kier alpha value is -0.970. The molecule has 2 saturated heterocycles. The summed E-state index contributed by atoms with van der Waals surface area (Å²) in [6.07, 6.45) is 1.83. The summed E-state index contributed by atoms with van der Waals surface area (Å²) in [5.74, 6) is 0. The van der Waals surface area contributed by atoms with Gasteiger partial charge in [0.1, 0.15) is 0 Å². The number of rotatable bonds is 3. The van der Waals surface area contributed by atoms with Crippen molar-refractivity contribution in [3.63, 3.8) is 0 Å². The molecule has 2 fully saturated rings. The van der Waals surface area contributed by atoms with E-state index in [1.807, 2.05) is 18.3 Å². The zero-order chi connectivity index (χ0) is 11.1. The smallest absolute Gasteiger partial charge is 0.0705 e. The van der Waals surface area contributed by atoms with Crippen molar-refractivity contribution >= 4 is 0 Å². The topological polar surface area (TPSA) is 57.4 Å². The van der Waals surface area contributed by atoms with Gasteiger partial charge in [0.05, 0.1) is 37.5 Å². The lowest BCUT2D eigenvalue weighted by molar-refractivity contribution is -0.225. The summed E-state index contributed by atoms with van der Waals surface area (Å²) < 4.78 is 10.8. The molecule has 1 aromatic heterocycles. The summed E-state index contributed by atoms with van der Waals surface area (Å²) in [7, 11) is 0. The molecule has 1 aromatic rings. The fraction of sp³-hybridized carbons (Fsp3) is 0.583. The second kappa shape index (κ2) is 3.52. The van der Waals surface area contributed by atoms with E-state index in [4.69, 9.17) is 15.2 Å².